The number of nitrogens with zero attached hydrogens (tertiary/aromatic N) is 2. The maximum Gasteiger partial charge on any atom is 0.401 e. The van der Waals surface area contributed by atoms with E-state index in [9.17, 15) is 13.2 Å². The standard InChI is InChI=1S/C13H16ClF3N4/c14-9-1-2-11(10(7-9)12(18)19)21-5-3-20(4-6-21)8-13(15,16)17/h1-2,7H,3-6,8H2,(H3,18,19). The van der Waals surface area contributed by atoms with Gasteiger partial charge in [-0.1, -0.05) is 11.6 Å². The van der Waals surface area contributed by atoms with Gasteiger partial charge in [0.25, 0.3) is 0 Å². The lowest BCUT2D eigenvalue weighted by Crippen LogP contribution is -2.49. The van der Waals surface area contributed by atoms with E-state index in [0.717, 1.165) is 5.69 Å². The van der Waals surface area contributed by atoms with E-state index in [-0.39, 0.29) is 5.84 Å². The summed E-state index contributed by atoms with van der Waals surface area (Å²) < 4.78 is 37.1. The van der Waals surface area contributed by atoms with Crippen LogP contribution in [0.4, 0.5) is 18.9 Å². The van der Waals surface area contributed by atoms with E-state index < -0.39 is 12.7 Å². The van der Waals surface area contributed by atoms with Gasteiger partial charge in [-0.15, -0.1) is 0 Å². The monoisotopic (exact) mass is 320 g/mol. The van der Waals surface area contributed by atoms with E-state index in [2.05, 4.69) is 0 Å². The predicted octanol–water partition coefficient (Wildman–Crippen LogP) is 2.31. The second-order valence-electron chi connectivity index (χ2n) is 4.95. The first-order valence-electron chi connectivity index (χ1n) is 6.44. The number of nitrogens with one attached hydrogen (secondary N) is 1. The minimum Gasteiger partial charge on any atom is -0.384 e. The predicted molar refractivity (Wildman–Crippen MR) is 77.2 cm³/mol. The zero-order valence-electron chi connectivity index (χ0n) is 11.3. The van der Waals surface area contributed by atoms with Crippen LogP contribution in [0.5, 0.6) is 0 Å². The molecule has 1 aromatic rings. The first kappa shape index (κ1) is 15.9. The third-order valence-electron chi connectivity index (χ3n) is 3.36. The highest BCUT2D eigenvalue weighted by Gasteiger charge is 2.32. The fourth-order valence-electron chi connectivity index (χ4n) is 2.40. The summed E-state index contributed by atoms with van der Waals surface area (Å²) in [5, 5.41) is 8.05. The topological polar surface area (TPSA) is 56.4 Å². The highest BCUT2D eigenvalue weighted by atomic mass is 35.5. The molecule has 116 valence electrons. The number of rotatable bonds is 3. The van der Waals surface area contributed by atoms with E-state index in [4.69, 9.17) is 22.7 Å². The SMILES string of the molecule is N=C(N)c1cc(Cl)ccc1N1CCN(CC(F)(F)F)CC1. The molecule has 0 amide bonds. The number of nitrogens with two attached hydrogens (primary N) is 1. The van der Waals surface area contributed by atoms with E-state index in [1.165, 1.54) is 4.90 Å². The van der Waals surface area contributed by atoms with Crippen molar-refractivity contribution in [3.63, 3.8) is 0 Å². The Kier molecular flexibility index (Phi) is 4.63. The zero-order valence-corrected chi connectivity index (χ0v) is 12.0. The Morgan fingerprint density at radius 2 is 1.86 bits per heavy atom. The smallest absolute Gasteiger partial charge is 0.384 e. The summed E-state index contributed by atoms with van der Waals surface area (Å²) in [5.41, 5.74) is 6.78. The highest BCUT2D eigenvalue weighted by molar-refractivity contribution is 6.31. The molecule has 4 nitrogen and oxygen atoms in total. The fraction of sp³-hybridized carbons (Fsp3) is 0.462. The lowest BCUT2D eigenvalue weighted by Gasteiger charge is -2.37. The molecule has 21 heavy (non-hydrogen) atoms. The Hall–Kier alpha value is -1.47. The third-order valence-corrected chi connectivity index (χ3v) is 3.60. The number of amidine groups is 1. The minimum atomic E-state index is -4.17. The van der Waals surface area contributed by atoms with Gasteiger partial charge in [-0.2, -0.15) is 13.2 Å². The molecule has 0 unspecified atom stereocenters. The van der Waals surface area contributed by atoms with Crippen molar-refractivity contribution in [1.82, 2.24) is 4.90 Å². The maximum absolute atomic E-state index is 12.4. The lowest BCUT2D eigenvalue weighted by molar-refractivity contribution is -0.146. The molecule has 0 aliphatic carbocycles. The van der Waals surface area contributed by atoms with Crippen molar-refractivity contribution in [3.8, 4) is 0 Å². The van der Waals surface area contributed by atoms with Gasteiger partial charge in [0.05, 0.1) is 6.54 Å². The number of benzene rings is 1. The van der Waals surface area contributed by atoms with E-state index >= 15 is 0 Å². The second kappa shape index (κ2) is 6.11. The summed E-state index contributed by atoms with van der Waals surface area (Å²) in [6.07, 6.45) is -4.17. The number of hydrogen-bond acceptors (Lipinski definition) is 3. The largest absolute Gasteiger partial charge is 0.401 e. The molecule has 1 aliphatic rings. The molecular formula is C13H16ClF3N4. The Bertz CT molecular complexity index is 525. The van der Waals surface area contributed by atoms with Gasteiger partial charge in [0.2, 0.25) is 0 Å². The van der Waals surface area contributed by atoms with Crippen LogP contribution in [0.2, 0.25) is 5.02 Å². The number of hydrogen-bond donors (Lipinski definition) is 2. The molecule has 0 radical (unpaired) electrons. The number of nitrogen functional groups attached to an aromatic ring is 1. The molecule has 1 aliphatic heterocycles. The summed E-state index contributed by atoms with van der Waals surface area (Å²) in [6.45, 7) is 0.663. The van der Waals surface area contributed by atoms with Gasteiger partial charge in [-0.3, -0.25) is 10.3 Å². The Balaban J connectivity index is 2.07. The van der Waals surface area contributed by atoms with Crippen molar-refractivity contribution in [2.45, 2.75) is 6.18 Å². The van der Waals surface area contributed by atoms with Crippen molar-refractivity contribution in [3.05, 3.63) is 28.8 Å². The van der Waals surface area contributed by atoms with Crippen LogP contribution in [0.3, 0.4) is 0 Å². The Morgan fingerprint density at radius 1 is 1.24 bits per heavy atom. The maximum atomic E-state index is 12.4. The molecule has 1 heterocycles. The number of alkyl halides is 3. The average Bonchev–Trinajstić information content (AvgIpc) is 2.38. The summed E-state index contributed by atoms with van der Waals surface area (Å²) in [5.74, 6) is -0.106. The quantitative estimate of drug-likeness (QED) is 0.664. The highest BCUT2D eigenvalue weighted by Crippen LogP contribution is 2.26. The molecule has 1 aromatic carbocycles. The van der Waals surface area contributed by atoms with Crippen LogP contribution in [0.15, 0.2) is 18.2 Å². The zero-order chi connectivity index (χ0) is 15.6. The van der Waals surface area contributed by atoms with Crippen LogP contribution in [0.1, 0.15) is 5.56 Å². The van der Waals surface area contributed by atoms with Gasteiger partial charge in [-0.05, 0) is 18.2 Å². The van der Waals surface area contributed by atoms with Crippen LogP contribution in [-0.2, 0) is 0 Å². The molecular weight excluding hydrogens is 305 g/mol. The van der Waals surface area contributed by atoms with E-state index in [1.807, 2.05) is 4.90 Å². The second-order valence-corrected chi connectivity index (χ2v) is 5.39. The molecule has 2 rings (SSSR count). The van der Waals surface area contributed by atoms with Crippen LogP contribution < -0.4 is 10.6 Å². The summed E-state index contributed by atoms with van der Waals surface area (Å²) in [6, 6.07) is 5.03. The van der Waals surface area contributed by atoms with Gasteiger partial charge in [-0.25, -0.2) is 0 Å². The fourth-order valence-corrected chi connectivity index (χ4v) is 2.57. The molecule has 0 aromatic heterocycles. The lowest BCUT2D eigenvalue weighted by atomic mass is 10.1. The molecule has 0 bridgehead atoms. The van der Waals surface area contributed by atoms with E-state index in [0.29, 0.717) is 36.8 Å². The number of anilines is 1. The molecule has 0 spiro atoms. The van der Waals surface area contributed by atoms with Crippen LogP contribution in [0, 0.1) is 5.41 Å². The van der Waals surface area contributed by atoms with Gasteiger partial charge in [0, 0.05) is 42.5 Å². The summed E-state index contributed by atoms with van der Waals surface area (Å²) in [7, 11) is 0. The first-order chi connectivity index (χ1) is 9.76. The molecule has 3 N–H and O–H groups in total. The molecule has 0 atom stereocenters. The average molecular weight is 321 g/mol. The van der Waals surface area contributed by atoms with Crippen LogP contribution in [-0.4, -0.2) is 49.6 Å². The van der Waals surface area contributed by atoms with Crippen molar-refractivity contribution in [2.24, 2.45) is 5.73 Å². The molecule has 8 heteroatoms. The number of piperazine rings is 1. The Labute approximate surface area is 125 Å². The molecule has 1 fully saturated rings. The minimum absolute atomic E-state index is 0.106. The van der Waals surface area contributed by atoms with Crippen molar-refractivity contribution in [1.29, 1.82) is 5.41 Å². The van der Waals surface area contributed by atoms with E-state index in [1.54, 1.807) is 18.2 Å². The van der Waals surface area contributed by atoms with Crippen molar-refractivity contribution < 1.29 is 13.2 Å². The van der Waals surface area contributed by atoms with Crippen LogP contribution >= 0.6 is 11.6 Å². The first-order valence-corrected chi connectivity index (χ1v) is 6.82. The van der Waals surface area contributed by atoms with Crippen molar-refractivity contribution in [2.75, 3.05) is 37.6 Å². The van der Waals surface area contributed by atoms with Crippen LogP contribution in [0.25, 0.3) is 0 Å². The normalized spacial score (nSPS) is 17.0. The van der Waals surface area contributed by atoms with Gasteiger partial charge in [0.15, 0.2) is 0 Å². The van der Waals surface area contributed by atoms with Gasteiger partial charge >= 0.3 is 6.18 Å². The van der Waals surface area contributed by atoms with Gasteiger partial charge in [0.1, 0.15) is 5.84 Å². The summed E-state index contributed by atoms with van der Waals surface area (Å²) in [4.78, 5) is 3.31. The third kappa shape index (κ3) is 4.25. The van der Waals surface area contributed by atoms with Crippen molar-refractivity contribution >= 4 is 23.1 Å². The Morgan fingerprint density at radius 3 is 2.38 bits per heavy atom. The summed E-state index contributed by atoms with van der Waals surface area (Å²) >= 11 is 5.89. The molecule has 1 saturated heterocycles. The van der Waals surface area contributed by atoms with Gasteiger partial charge < -0.3 is 10.6 Å². The molecule has 0 saturated carbocycles. The number of halogens is 4.